The number of carbonyl (C=O) groups is 1. The van der Waals surface area contributed by atoms with Gasteiger partial charge in [-0.1, -0.05) is 12.1 Å². The van der Waals surface area contributed by atoms with Gasteiger partial charge in [0, 0.05) is 42.8 Å². The lowest BCUT2D eigenvalue weighted by atomic mass is 10.2. The zero-order valence-corrected chi connectivity index (χ0v) is 16.0. The number of ether oxygens (including phenoxy) is 1. The SMILES string of the molecule is COc1ccc(N2CCN(C(=O)/C=C/c3ccc(SC)cc3)CC2)cc1. The van der Waals surface area contributed by atoms with E-state index in [2.05, 4.69) is 35.4 Å². The van der Waals surface area contributed by atoms with E-state index in [1.807, 2.05) is 35.2 Å². The quantitative estimate of drug-likeness (QED) is 0.594. The van der Waals surface area contributed by atoms with Crippen molar-refractivity contribution in [1.82, 2.24) is 4.90 Å². The Balaban J connectivity index is 1.53. The lowest BCUT2D eigenvalue weighted by Gasteiger charge is -2.35. The third kappa shape index (κ3) is 4.61. The van der Waals surface area contributed by atoms with Crippen LogP contribution < -0.4 is 9.64 Å². The highest BCUT2D eigenvalue weighted by molar-refractivity contribution is 7.98. The Morgan fingerprint density at radius 1 is 1.00 bits per heavy atom. The molecular formula is C21H24N2O2S. The molecular weight excluding hydrogens is 344 g/mol. The van der Waals surface area contributed by atoms with E-state index in [4.69, 9.17) is 4.74 Å². The predicted octanol–water partition coefficient (Wildman–Crippen LogP) is 3.78. The van der Waals surface area contributed by atoms with Crippen molar-refractivity contribution >= 4 is 29.4 Å². The average molecular weight is 369 g/mol. The Bertz CT molecular complexity index is 749. The molecule has 0 atom stereocenters. The molecule has 1 amide bonds. The standard InChI is InChI=1S/C21H24N2O2S/c1-25-19-8-6-18(7-9-19)22-13-15-23(16-14-22)21(24)12-5-17-3-10-20(26-2)11-4-17/h3-12H,13-16H2,1-2H3/b12-5+. The van der Waals surface area contributed by atoms with Gasteiger partial charge in [0.2, 0.25) is 5.91 Å². The fourth-order valence-electron chi connectivity index (χ4n) is 2.97. The predicted molar refractivity (Wildman–Crippen MR) is 109 cm³/mol. The summed E-state index contributed by atoms with van der Waals surface area (Å²) < 4.78 is 5.20. The molecule has 4 nitrogen and oxygen atoms in total. The van der Waals surface area contributed by atoms with Gasteiger partial charge in [0.05, 0.1) is 7.11 Å². The molecule has 0 N–H and O–H groups in total. The lowest BCUT2D eigenvalue weighted by molar-refractivity contribution is -0.126. The molecule has 26 heavy (non-hydrogen) atoms. The maximum absolute atomic E-state index is 12.4. The van der Waals surface area contributed by atoms with Crippen LogP contribution in [0.3, 0.4) is 0 Å². The summed E-state index contributed by atoms with van der Waals surface area (Å²) in [4.78, 5) is 17.9. The number of benzene rings is 2. The lowest BCUT2D eigenvalue weighted by Crippen LogP contribution is -2.48. The summed E-state index contributed by atoms with van der Waals surface area (Å²) in [5.74, 6) is 0.937. The highest BCUT2D eigenvalue weighted by Crippen LogP contribution is 2.21. The number of amides is 1. The number of carbonyl (C=O) groups excluding carboxylic acids is 1. The second-order valence-corrected chi connectivity index (χ2v) is 7.00. The summed E-state index contributed by atoms with van der Waals surface area (Å²) in [6.07, 6.45) is 5.62. The third-order valence-electron chi connectivity index (χ3n) is 4.56. The van der Waals surface area contributed by atoms with E-state index in [-0.39, 0.29) is 5.91 Å². The molecule has 0 radical (unpaired) electrons. The zero-order valence-electron chi connectivity index (χ0n) is 15.2. The second kappa shape index (κ2) is 8.81. The van der Waals surface area contributed by atoms with Gasteiger partial charge in [-0.15, -0.1) is 11.8 Å². The number of rotatable bonds is 5. The summed E-state index contributed by atoms with van der Waals surface area (Å²) in [6, 6.07) is 16.3. The minimum atomic E-state index is 0.0772. The number of nitrogens with zero attached hydrogens (tertiary/aromatic N) is 2. The van der Waals surface area contributed by atoms with E-state index >= 15 is 0 Å². The van der Waals surface area contributed by atoms with E-state index in [1.165, 1.54) is 10.6 Å². The van der Waals surface area contributed by atoms with Gasteiger partial charge in [0.25, 0.3) is 0 Å². The molecule has 0 bridgehead atoms. The maximum Gasteiger partial charge on any atom is 0.246 e. The maximum atomic E-state index is 12.4. The van der Waals surface area contributed by atoms with Crippen molar-refractivity contribution in [2.75, 3.05) is 44.4 Å². The summed E-state index contributed by atoms with van der Waals surface area (Å²) >= 11 is 1.71. The highest BCUT2D eigenvalue weighted by atomic mass is 32.2. The van der Waals surface area contributed by atoms with Gasteiger partial charge in [-0.05, 0) is 54.3 Å². The van der Waals surface area contributed by atoms with Gasteiger partial charge in [0.1, 0.15) is 5.75 Å². The van der Waals surface area contributed by atoms with Crippen LogP contribution in [0.4, 0.5) is 5.69 Å². The van der Waals surface area contributed by atoms with Crippen LogP contribution in [0.15, 0.2) is 59.5 Å². The van der Waals surface area contributed by atoms with Crippen molar-refractivity contribution in [2.24, 2.45) is 0 Å². The first-order valence-corrected chi connectivity index (χ1v) is 9.92. The molecule has 2 aromatic rings. The van der Waals surface area contributed by atoms with Gasteiger partial charge in [-0.2, -0.15) is 0 Å². The number of hydrogen-bond donors (Lipinski definition) is 0. The minimum Gasteiger partial charge on any atom is -0.497 e. The monoisotopic (exact) mass is 368 g/mol. The fourth-order valence-corrected chi connectivity index (χ4v) is 3.37. The molecule has 1 heterocycles. The minimum absolute atomic E-state index is 0.0772. The van der Waals surface area contributed by atoms with Crippen molar-refractivity contribution in [3.63, 3.8) is 0 Å². The largest absolute Gasteiger partial charge is 0.497 e. The molecule has 0 aromatic heterocycles. The summed E-state index contributed by atoms with van der Waals surface area (Å²) in [5.41, 5.74) is 2.22. The molecule has 1 aliphatic rings. The summed E-state index contributed by atoms with van der Waals surface area (Å²) in [5, 5.41) is 0. The number of piperazine rings is 1. The van der Waals surface area contributed by atoms with Crippen molar-refractivity contribution in [2.45, 2.75) is 4.90 Å². The number of hydrogen-bond acceptors (Lipinski definition) is 4. The Morgan fingerprint density at radius 2 is 1.65 bits per heavy atom. The summed E-state index contributed by atoms with van der Waals surface area (Å²) in [7, 11) is 1.67. The Labute approximate surface area is 159 Å². The Hall–Kier alpha value is -2.40. The van der Waals surface area contributed by atoms with Crippen LogP contribution in [-0.4, -0.2) is 50.4 Å². The van der Waals surface area contributed by atoms with E-state index in [1.54, 1.807) is 24.9 Å². The van der Waals surface area contributed by atoms with Crippen LogP contribution in [0.2, 0.25) is 0 Å². The van der Waals surface area contributed by atoms with Gasteiger partial charge >= 0.3 is 0 Å². The topological polar surface area (TPSA) is 32.8 Å². The van der Waals surface area contributed by atoms with Crippen LogP contribution in [0, 0.1) is 0 Å². The normalized spacial score (nSPS) is 14.7. The van der Waals surface area contributed by atoms with Crippen LogP contribution in [0.1, 0.15) is 5.56 Å². The van der Waals surface area contributed by atoms with Crippen LogP contribution in [0.25, 0.3) is 6.08 Å². The zero-order chi connectivity index (χ0) is 18.4. The smallest absolute Gasteiger partial charge is 0.246 e. The fraction of sp³-hybridized carbons (Fsp3) is 0.286. The average Bonchev–Trinajstić information content (AvgIpc) is 2.72. The summed E-state index contributed by atoms with van der Waals surface area (Å²) in [6.45, 7) is 3.16. The van der Waals surface area contributed by atoms with Gasteiger partial charge in [-0.3, -0.25) is 4.79 Å². The molecule has 0 spiro atoms. The first-order valence-electron chi connectivity index (χ1n) is 8.69. The Kier molecular flexibility index (Phi) is 6.23. The van der Waals surface area contributed by atoms with Crippen molar-refractivity contribution in [1.29, 1.82) is 0 Å². The van der Waals surface area contributed by atoms with Gasteiger partial charge in [-0.25, -0.2) is 0 Å². The van der Waals surface area contributed by atoms with E-state index in [9.17, 15) is 4.79 Å². The number of methoxy groups -OCH3 is 1. The van der Waals surface area contributed by atoms with E-state index in [0.29, 0.717) is 0 Å². The molecule has 0 unspecified atom stereocenters. The molecule has 1 fully saturated rings. The second-order valence-electron chi connectivity index (χ2n) is 6.12. The van der Waals surface area contributed by atoms with Crippen molar-refractivity contribution in [3.05, 3.63) is 60.2 Å². The molecule has 5 heteroatoms. The molecule has 0 saturated carbocycles. The third-order valence-corrected chi connectivity index (χ3v) is 5.31. The molecule has 1 aliphatic heterocycles. The molecule has 1 saturated heterocycles. The Morgan fingerprint density at radius 3 is 2.23 bits per heavy atom. The van der Waals surface area contributed by atoms with Crippen molar-refractivity contribution in [3.8, 4) is 5.75 Å². The van der Waals surface area contributed by atoms with Gasteiger partial charge in [0.15, 0.2) is 0 Å². The highest BCUT2D eigenvalue weighted by Gasteiger charge is 2.19. The number of thioether (sulfide) groups is 1. The van der Waals surface area contributed by atoms with Crippen LogP contribution >= 0.6 is 11.8 Å². The van der Waals surface area contributed by atoms with Gasteiger partial charge < -0.3 is 14.5 Å². The van der Waals surface area contributed by atoms with Crippen LogP contribution in [-0.2, 0) is 4.79 Å². The number of anilines is 1. The molecule has 0 aliphatic carbocycles. The first-order chi connectivity index (χ1) is 12.7. The molecule has 136 valence electrons. The molecule has 2 aromatic carbocycles. The van der Waals surface area contributed by atoms with Crippen molar-refractivity contribution < 1.29 is 9.53 Å². The van der Waals surface area contributed by atoms with Crippen LogP contribution in [0.5, 0.6) is 5.75 Å². The first kappa shape index (κ1) is 18.4. The van der Waals surface area contributed by atoms with E-state index in [0.717, 1.165) is 37.5 Å². The van der Waals surface area contributed by atoms with E-state index < -0.39 is 0 Å². The molecule has 3 rings (SSSR count).